The molecule has 2 atom stereocenters. The van der Waals surface area contributed by atoms with Crippen LogP contribution in [0, 0.1) is 5.92 Å². The predicted octanol–water partition coefficient (Wildman–Crippen LogP) is 3.49. The molecule has 2 rings (SSSR count). The number of ether oxygens (including phenoxy) is 1. The Kier molecular flexibility index (Phi) is 6.57. The van der Waals surface area contributed by atoms with E-state index >= 15 is 0 Å². The summed E-state index contributed by atoms with van der Waals surface area (Å²) < 4.78 is 5.71. The molecule has 2 aromatic rings. The van der Waals surface area contributed by atoms with Crippen molar-refractivity contribution in [2.75, 3.05) is 0 Å². The standard InChI is InChI=1S/C20H23NO4/c1-3-14(2)18(20(23)24)21-19(22)16-10-7-11-17(12-16)25-13-15-8-5-4-6-9-15/h4-12,14,18H,3,13H2,1-2H3,(H,21,22)(H,23,24)/t14?,18-/m0/s1. The summed E-state index contributed by atoms with van der Waals surface area (Å²) in [5.41, 5.74) is 1.40. The first-order valence-electron chi connectivity index (χ1n) is 8.31. The number of hydrogen-bond acceptors (Lipinski definition) is 3. The number of hydrogen-bond donors (Lipinski definition) is 2. The van der Waals surface area contributed by atoms with Gasteiger partial charge in [0, 0.05) is 5.56 Å². The zero-order valence-electron chi connectivity index (χ0n) is 14.4. The number of nitrogens with one attached hydrogen (secondary N) is 1. The molecule has 0 radical (unpaired) electrons. The van der Waals surface area contributed by atoms with Gasteiger partial charge in [0.2, 0.25) is 0 Å². The van der Waals surface area contributed by atoms with Gasteiger partial charge < -0.3 is 15.2 Å². The third kappa shape index (κ3) is 5.35. The maximum Gasteiger partial charge on any atom is 0.326 e. The van der Waals surface area contributed by atoms with Gasteiger partial charge in [-0.25, -0.2) is 4.79 Å². The smallest absolute Gasteiger partial charge is 0.326 e. The highest BCUT2D eigenvalue weighted by molar-refractivity contribution is 5.96. The monoisotopic (exact) mass is 341 g/mol. The van der Waals surface area contributed by atoms with Crippen LogP contribution >= 0.6 is 0 Å². The second kappa shape index (κ2) is 8.87. The highest BCUT2D eigenvalue weighted by atomic mass is 16.5. The molecule has 0 bridgehead atoms. The number of carboxylic acids is 1. The van der Waals surface area contributed by atoms with Crippen molar-refractivity contribution >= 4 is 11.9 Å². The Morgan fingerprint density at radius 1 is 1.12 bits per heavy atom. The van der Waals surface area contributed by atoms with E-state index in [-0.39, 0.29) is 5.92 Å². The summed E-state index contributed by atoms with van der Waals surface area (Å²) >= 11 is 0. The van der Waals surface area contributed by atoms with Crippen LogP contribution in [0.5, 0.6) is 5.75 Å². The van der Waals surface area contributed by atoms with Crippen LogP contribution in [0.4, 0.5) is 0 Å². The van der Waals surface area contributed by atoms with Crippen molar-refractivity contribution in [1.29, 1.82) is 0 Å². The molecule has 25 heavy (non-hydrogen) atoms. The topological polar surface area (TPSA) is 75.6 Å². The van der Waals surface area contributed by atoms with Crippen molar-refractivity contribution in [3.05, 3.63) is 65.7 Å². The van der Waals surface area contributed by atoms with E-state index in [2.05, 4.69) is 5.32 Å². The number of carboxylic acid groups (broad SMARTS) is 1. The first kappa shape index (κ1) is 18.5. The van der Waals surface area contributed by atoms with Gasteiger partial charge in [0.25, 0.3) is 5.91 Å². The molecule has 1 amide bonds. The van der Waals surface area contributed by atoms with E-state index < -0.39 is 17.9 Å². The molecule has 5 nitrogen and oxygen atoms in total. The Bertz CT molecular complexity index is 715. The summed E-state index contributed by atoms with van der Waals surface area (Å²) in [5.74, 6) is -1.04. The SMILES string of the molecule is CCC(C)[C@H](NC(=O)c1cccc(OCc2ccccc2)c1)C(=O)O. The molecule has 0 spiro atoms. The fraction of sp³-hybridized carbons (Fsp3) is 0.300. The van der Waals surface area contributed by atoms with Crippen molar-refractivity contribution in [2.24, 2.45) is 5.92 Å². The summed E-state index contributed by atoms with van der Waals surface area (Å²) in [4.78, 5) is 23.7. The van der Waals surface area contributed by atoms with Crippen molar-refractivity contribution < 1.29 is 19.4 Å². The highest BCUT2D eigenvalue weighted by Crippen LogP contribution is 2.16. The van der Waals surface area contributed by atoms with Crippen LogP contribution < -0.4 is 10.1 Å². The number of aliphatic carboxylic acids is 1. The van der Waals surface area contributed by atoms with Crippen LogP contribution in [0.2, 0.25) is 0 Å². The van der Waals surface area contributed by atoms with Crippen molar-refractivity contribution in [3.8, 4) is 5.75 Å². The van der Waals surface area contributed by atoms with Crippen LogP contribution in [0.3, 0.4) is 0 Å². The van der Waals surface area contributed by atoms with Gasteiger partial charge in [-0.2, -0.15) is 0 Å². The minimum atomic E-state index is -1.03. The lowest BCUT2D eigenvalue weighted by atomic mass is 9.99. The van der Waals surface area contributed by atoms with Crippen molar-refractivity contribution in [3.63, 3.8) is 0 Å². The van der Waals surface area contributed by atoms with E-state index in [1.807, 2.05) is 37.3 Å². The van der Waals surface area contributed by atoms with E-state index in [4.69, 9.17) is 4.74 Å². The molecule has 2 N–H and O–H groups in total. The van der Waals surface area contributed by atoms with E-state index in [1.165, 1.54) is 0 Å². The van der Waals surface area contributed by atoms with Crippen LogP contribution in [-0.2, 0) is 11.4 Å². The lowest BCUT2D eigenvalue weighted by Crippen LogP contribution is -2.45. The quantitative estimate of drug-likeness (QED) is 0.770. The molecule has 0 aliphatic rings. The number of carbonyl (C=O) groups is 2. The van der Waals surface area contributed by atoms with Crippen molar-refractivity contribution in [1.82, 2.24) is 5.32 Å². The van der Waals surface area contributed by atoms with Gasteiger partial charge in [-0.1, -0.05) is 56.7 Å². The second-order valence-electron chi connectivity index (χ2n) is 5.98. The molecule has 0 aliphatic carbocycles. The summed E-state index contributed by atoms with van der Waals surface area (Å²) in [6.07, 6.45) is 0.664. The van der Waals surface area contributed by atoms with Crippen LogP contribution in [0.15, 0.2) is 54.6 Å². The molecular formula is C20H23NO4. The van der Waals surface area contributed by atoms with E-state index in [0.29, 0.717) is 24.3 Å². The lowest BCUT2D eigenvalue weighted by Gasteiger charge is -2.20. The van der Waals surface area contributed by atoms with Gasteiger partial charge in [-0.05, 0) is 29.7 Å². The first-order chi connectivity index (χ1) is 12.0. The number of amides is 1. The predicted molar refractivity (Wildman–Crippen MR) is 95.6 cm³/mol. The first-order valence-corrected chi connectivity index (χ1v) is 8.31. The number of rotatable bonds is 8. The molecule has 0 saturated heterocycles. The molecule has 0 heterocycles. The molecule has 0 saturated carbocycles. The molecule has 132 valence electrons. The summed E-state index contributed by atoms with van der Waals surface area (Å²) in [5, 5.41) is 11.9. The fourth-order valence-corrected chi connectivity index (χ4v) is 2.38. The normalized spacial score (nSPS) is 12.9. The summed E-state index contributed by atoms with van der Waals surface area (Å²) in [6, 6.07) is 15.6. The summed E-state index contributed by atoms with van der Waals surface area (Å²) in [7, 11) is 0. The second-order valence-corrected chi connectivity index (χ2v) is 5.98. The number of carbonyl (C=O) groups excluding carboxylic acids is 1. The van der Waals surface area contributed by atoms with Gasteiger partial charge in [0.05, 0.1) is 0 Å². The molecular weight excluding hydrogens is 318 g/mol. The van der Waals surface area contributed by atoms with Crippen LogP contribution in [0.25, 0.3) is 0 Å². The van der Waals surface area contributed by atoms with Gasteiger partial charge >= 0.3 is 5.97 Å². The van der Waals surface area contributed by atoms with E-state index in [9.17, 15) is 14.7 Å². The van der Waals surface area contributed by atoms with Gasteiger partial charge in [-0.3, -0.25) is 4.79 Å². The average Bonchev–Trinajstić information content (AvgIpc) is 2.64. The summed E-state index contributed by atoms with van der Waals surface area (Å²) in [6.45, 7) is 4.10. The molecule has 5 heteroatoms. The molecule has 0 aromatic heterocycles. The van der Waals surface area contributed by atoms with Crippen molar-refractivity contribution in [2.45, 2.75) is 32.9 Å². The number of benzene rings is 2. The average molecular weight is 341 g/mol. The maximum absolute atomic E-state index is 12.4. The van der Waals surface area contributed by atoms with Crippen LogP contribution in [-0.4, -0.2) is 23.0 Å². The van der Waals surface area contributed by atoms with Gasteiger partial charge in [0.1, 0.15) is 18.4 Å². The zero-order valence-corrected chi connectivity index (χ0v) is 14.4. The van der Waals surface area contributed by atoms with Gasteiger partial charge in [0.15, 0.2) is 0 Å². The zero-order chi connectivity index (χ0) is 18.2. The molecule has 2 aromatic carbocycles. The molecule has 1 unspecified atom stereocenters. The minimum Gasteiger partial charge on any atom is -0.489 e. The third-order valence-electron chi connectivity index (χ3n) is 4.11. The lowest BCUT2D eigenvalue weighted by molar-refractivity contribution is -0.140. The largest absolute Gasteiger partial charge is 0.489 e. The molecule has 0 aliphatic heterocycles. The fourth-order valence-electron chi connectivity index (χ4n) is 2.38. The minimum absolute atomic E-state index is 0.154. The van der Waals surface area contributed by atoms with Crippen LogP contribution in [0.1, 0.15) is 36.2 Å². The Morgan fingerprint density at radius 3 is 2.48 bits per heavy atom. The third-order valence-corrected chi connectivity index (χ3v) is 4.11. The van der Waals surface area contributed by atoms with Gasteiger partial charge in [-0.15, -0.1) is 0 Å². The van der Waals surface area contributed by atoms with E-state index in [0.717, 1.165) is 5.56 Å². The Morgan fingerprint density at radius 2 is 1.84 bits per heavy atom. The Labute approximate surface area is 147 Å². The Hall–Kier alpha value is -2.82. The Balaban J connectivity index is 2.04. The highest BCUT2D eigenvalue weighted by Gasteiger charge is 2.25. The molecule has 0 fully saturated rings. The van der Waals surface area contributed by atoms with E-state index in [1.54, 1.807) is 31.2 Å². The maximum atomic E-state index is 12.4.